The molecule has 1 fully saturated rings. The minimum Gasteiger partial charge on any atom is -0.481 e. The van der Waals surface area contributed by atoms with Gasteiger partial charge in [0.05, 0.1) is 12.5 Å². The molecule has 1 aliphatic rings. The van der Waals surface area contributed by atoms with Gasteiger partial charge in [-0.15, -0.1) is 0 Å². The van der Waals surface area contributed by atoms with E-state index in [1.54, 1.807) is 0 Å². The van der Waals surface area contributed by atoms with E-state index in [0.29, 0.717) is 0 Å². The fourth-order valence-electron chi connectivity index (χ4n) is 1.94. The van der Waals surface area contributed by atoms with Gasteiger partial charge in [0, 0.05) is 0 Å². The van der Waals surface area contributed by atoms with Gasteiger partial charge in [-0.25, -0.2) is 0 Å². The topological polar surface area (TPSA) is 57.5 Å². The maximum Gasteiger partial charge on any atom is 0.305 e. The smallest absolute Gasteiger partial charge is 0.305 e. The summed E-state index contributed by atoms with van der Waals surface area (Å²) in [5, 5.41) is 18.1. The van der Waals surface area contributed by atoms with Crippen molar-refractivity contribution in [1.29, 1.82) is 0 Å². The Bertz CT molecular complexity index is 167. The molecule has 1 rings (SSSR count). The zero-order chi connectivity index (χ0) is 9.19. The Morgan fingerprint density at radius 2 is 2.17 bits per heavy atom. The van der Waals surface area contributed by atoms with E-state index in [2.05, 4.69) is 0 Å². The number of carboxylic acids is 1. The van der Waals surface area contributed by atoms with Crippen LogP contribution in [0.4, 0.5) is 0 Å². The first kappa shape index (κ1) is 9.52. The molecule has 0 unspecified atom stereocenters. The van der Waals surface area contributed by atoms with Crippen molar-refractivity contribution in [2.75, 3.05) is 0 Å². The van der Waals surface area contributed by atoms with Gasteiger partial charge in [0.1, 0.15) is 0 Å². The first-order valence-corrected chi connectivity index (χ1v) is 4.50. The number of aliphatic hydroxyl groups excluding tert-OH is 1. The summed E-state index contributed by atoms with van der Waals surface area (Å²) in [4.78, 5) is 10.4. The molecular weight excluding hydrogens is 156 g/mol. The number of aliphatic carboxylic acids is 1. The summed E-state index contributed by atoms with van der Waals surface area (Å²) < 4.78 is 0. The first-order valence-electron chi connectivity index (χ1n) is 4.50. The normalized spacial score (nSPS) is 22.8. The van der Waals surface area contributed by atoms with Crippen LogP contribution in [0.1, 0.15) is 39.0 Å². The van der Waals surface area contributed by atoms with Gasteiger partial charge in [0.25, 0.3) is 0 Å². The molecule has 1 saturated carbocycles. The van der Waals surface area contributed by atoms with E-state index in [4.69, 9.17) is 5.11 Å². The van der Waals surface area contributed by atoms with Crippen LogP contribution < -0.4 is 0 Å². The van der Waals surface area contributed by atoms with Crippen molar-refractivity contribution in [1.82, 2.24) is 0 Å². The van der Waals surface area contributed by atoms with Crippen LogP contribution in [0, 0.1) is 5.41 Å². The molecule has 1 atom stereocenters. The quantitative estimate of drug-likeness (QED) is 0.674. The van der Waals surface area contributed by atoms with E-state index in [9.17, 15) is 9.90 Å². The molecule has 3 nitrogen and oxygen atoms in total. The summed E-state index contributed by atoms with van der Waals surface area (Å²) in [5.41, 5.74) is -0.0710. The number of carbonyl (C=O) groups is 1. The van der Waals surface area contributed by atoms with Crippen LogP contribution in [-0.4, -0.2) is 22.3 Å². The fraction of sp³-hybridized carbons (Fsp3) is 0.889. The summed E-state index contributed by atoms with van der Waals surface area (Å²) in [7, 11) is 0. The highest BCUT2D eigenvalue weighted by Crippen LogP contribution is 2.47. The third-order valence-electron chi connectivity index (χ3n) is 3.13. The van der Waals surface area contributed by atoms with Crippen molar-refractivity contribution in [2.45, 2.75) is 45.1 Å². The average molecular weight is 172 g/mol. The SMILES string of the molecule is CCC1([C@@H](O)CC(=O)O)CCC1. The average Bonchev–Trinajstić information content (AvgIpc) is 1.83. The second kappa shape index (κ2) is 3.44. The molecular formula is C9H16O3. The molecule has 0 heterocycles. The first-order chi connectivity index (χ1) is 5.60. The van der Waals surface area contributed by atoms with Crippen LogP contribution >= 0.6 is 0 Å². The number of aliphatic hydroxyl groups is 1. The lowest BCUT2D eigenvalue weighted by atomic mass is 9.63. The maximum atomic E-state index is 10.4. The van der Waals surface area contributed by atoms with Crippen molar-refractivity contribution < 1.29 is 15.0 Å². The number of hydrogen-bond donors (Lipinski definition) is 2. The zero-order valence-corrected chi connectivity index (χ0v) is 7.42. The van der Waals surface area contributed by atoms with Gasteiger partial charge in [0.15, 0.2) is 0 Å². The third kappa shape index (κ3) is 1.61. The highest BCUT2D eigenvalue weighted by Gasteiger charge is 2.42. The van der Waals surface area contributed by atoms with Crippen molar-refractivity contribution in [2.24, 2.45) is 5.41 Å². The standard InChI is InChI=1S/C9H16O3/c1-2-9(4-3-5-9)7(10)6-8(11)12/h7,10H,2-6H2,1H3,(H,11,12)/t7-/m0/s1. The summed E-state index contributed by atoms with van der Waals surface area (Å²) in [6.07, 6.45) is 3.24. The van der Waals surface area contributed by atoms with E-state index in [1.165, 1.54) is 0 Å². The molecule has 0 radical (unpaired) electrons. The van der Waals surface area contributed by atoms with E-state index < -0.39 is 12.1 Å². The monoisotopic (exact) mass is 172 g/mol. The molecule has 0 aromatic rings. The van der Waals surface area contributed by atoms with Crippen molar-refractivity contribution in [3.05, 3.63) is 0 Å². The van der Waals surface area contributed by atoms with Crippen molar-refractivity contribution in [3.63, 3.8) is 0 Å². The Morgan fingerprint density at radius 1 is 1.58 bits per heavy atom. The van der Waals surface area contributed by atoms with Gasteiger partial charge in [-0.05, 0) is 24.7 Å². The Balaban J connectivity index is 2.48. The van der Waals surface area contributed by atoms with E-state index in [1.807, 2.05) is 6.92 Å². The van der Waals surface area contributed by atoms with Gasteiger partial charge in [-0.2, -0.15) is 0 Å². The molecule has 0 amide bonds. The van der Waals surface area contributed by atoms with Crippen LogP contribution in [0.15, 0.2) is 0 Å². The van der Waals surface area contributed by atoms with Crippen molar-refractivity contribution >= 4 is 5.97 Å². The lowest BCUT2D eigenvalue weighted by Gasteiger charge is -2.44. The third-order valence-corrected chi connectivity index (χ3v) is 3.13. The van der Waals surface area contributed by atoms with Gasteiger partial charge >= 0.3 is 5.97 Å². The number of hydrogen-bond acceptors (Lipinski definition) is 2. The fourth-order valence-corrected chi connectivity index (χ4v) is 1.94. The summed E-state index contributed by atoms with van der Waals surface area (Å²) in [5.74, 6) is -0.901. The largest absolute Gasteiger partial charge is 0.481 e. The highest BCUT2D eigenvalue weighted by molar-refractivity contribution is 5.67. The van der Waals surface area contributed by atoms with Crippen LogP contribution in [-0.2, 0) is 4.79 Å². The van der Waals surface area contributed by atoms with E-state index in [0.717, 1.165) is 25.7 Å². The molecule has 0 bridgehead atoms. The Kier molecular flexibility index (Phi) is 2.73. The molecule has 0 aliphatic heterocycles. The number of carboxylic acid groups (broad SMARTS) is 1. The number of rotatable bonds is 4. The predicted molar refractivity (Wildman–Crippen MR) is 44.8 cm³/mol. The lowest BCUT2D eigenvalue weighted by Crippen LogP contribution is -2.41. The minimum absolute atomic E-state index is 0.0710. The second-order valence-electron chi connectivity index (χ2n) is 3.68. The zero-order valence-electron chi connectivity index (χ0n) is 7.42. The minimum atomic E-state index is -0.901. The van der Waals surface area contributed by atoms with E-state index >= 15 is 0 Å². The molecule has 12 heavy (non-hydrogen) atoms. The molecule has 0 aromatic heterocycles. The van der Waals surface area contributed by atoms with Crippen LogP contribution in [0.25, 0.3) is 0 Å². The Morgan fingerprint density at radius 3 is 2.42 bits per heavy atom. The predicted octanol–water partition coefficient (Wildman–Crippen LogP) is 1.40. The molecule has 2 N–H and O–H groups in total. The summed E-state index contributed by atoms with van der Waals surface area (Å²) in [6.45, 7) is 2.02. The molecule has 0 aromatic carbocycles. The molecule has 70 valence electrons. The maximum absolute atomic E-state index is 10.4. The summed E-state index contributed by atoms with van der Waals surface area (Å²) in [6, 6.07) is 0. The van der Waals surface area contributed by atoms with Gasteiger partial charge in [-0.3, -0.25) is 4.79 Å². The van der Waals surface area contributed by atoms with E-state index in [-0.39, 0.29) is 11.8 Å². The Labute approximate surface area is 72.4 Å². The lowest BCUT2D eigenvalue weighted by molar-refractivity contribution is -0.143. The van der Waals surface area contributed by atoms with Crippen LogP contribution in [0.2, 0.25) is 0 Å². The summed E-state index contributed by atoms with van der Waals surface area (Å²) >= 11 is 0. The molecule has 0 saturated heterocycles. The van der Waals surface area contributed by atoms with Crippen LogP contribution in [0.5, 0.6) is 0 Å². The van der Waals surface area contributed by atoms with Gasteiger partial charge < -0.3 is 10.2 Å². The molecule has 1 aliphatic carbocycles. The highest BCUT2D eigenvalue weighted by atomic mass is 16.4. The molecule has 3 heteroatoms. The van der Waals surface area contributed by atoms with Crippen LogP contribution in [0.3, 0.4) is 0 Å². The van der Waals surface area contributed by atoms with Crippen molar-refractivity contribution in [3.8, 4) is 0 Å². The molecule has 0 spiro atoms. The van der Waals surface area contributed by atoms with Gasteiger partial charge in [0.2, 0.25) is 0 Å². The van der Waals surface area contributed by atoms with Gasteiger partial charge in [-0.1, -0.05) is 13.3 Å². The second-order valence-corrected chi connectivity index (χ2v) is 3.68. The Hall–Kier alpha value is -0.570.